The van der Waals surface area contributed by atoms with Crippen molar-refractivity contribution in [2.45, 2.75) is 0 Å². The molecule has 1 rings (SSSR count). The Balaban J connectivity index is 2.90. The predicted octanol–water partition coefficient (Wildman–Crippen LogP) is 0.661. The van der Waals surface area contributed by atoms with Gasteiger partial charge in [-0.05, 0) is 24.0 Å². The van der Waals surface area contributed by atoms with E-state index >= 15 is 0 Å². The molecular formula is C10H14N4O4. The van der Waals surface area contributed by atoms with Crippen molar-refractivity contribution in [3.63, 3.8) is 0 Å². The van der Waals surface area contributed by atoms with Crippen molar-refractivity contribution in [3.05, 3.63) is 27.9 Å². The topological polar surface area (TPSA) is 109 Å². The summed E-state index contributed by atoms with van der Waals surface area (Å²) in [6, 6.07) is 0.945. The maximum atomic E-state index is 11.0. The molecule has 98 valence electrons. The van der Waals surface area contributed by atoms with E-state index in [1.54, 1.807) is 0 Å². The predicted molar refractivity (Wildman–Crippen MR) is 64.9 cm³/mol. The molecule has 18 heavy (non-hydrogen) atoms. The highest BCUT2D eigenvalue weighted by molar-refractivity contribution is 5.94. The molecule has 1 aromatic rings. The molecule has 0 saturated heterocycles. The number of aromatic nitrogens is 1. The third-order valence-corrected chi connectivity index (χ3v) is 2.18. The molecule has 8 heteroatoms. The van der Waals surface area contributed by atoms with Crippen molar-refractivity contribution in [3.8, 4) is 0 Å². The first kappa shape index (κ1) is 13.8. The van der Waals surface area contributed by atoms with E-state index in [0.717, 1.165) is 12.3 Å². The highest BCUT2D eigenvalue weighted by Gasteiger charge is 2.17. The number of pyridine rings is 1. The van der Waals surface area contributed by atoms with Crippen molar-refractivity contribution in [2.24, 2.45) is 0 Å². The Labute approximate surface area is 103 Å². The Kier molecular flexibility index (Phi) is 4.55. The van der Waals surface area contributed by atoms with Gasteiger partial charge in [0, 0.05) is 13.1 Å². The molecule has 1 heterocycles. The Morgan fingerprint density at radius 2 is 2.28 bits per heavy atom. The van der Waals surface area contributed by atoms with Crippen molar-refractivity contribution >= 4 is 17.5 Å². The summed E-state index contributed by atoms with van der Waals surface area (Å²) in [4.78, 5) is 26.3. The molecule has 0 bridgehead atoms. The number of rotatable bonds is 6. The number of anilines is 1. The highest BCUT2D eigenvalue weighted by Crippen LogP contribution is 2.19. The molecular weight excluding hydrogens is 240 g/mol. The minimum Gasteiger partial charge on any atom is -0.478 e. The number of hydrogen-bond acceptors (Lipinski definition) is 6. The summed E-state index contributed by atoms with van der Waals surface area (Å²) < 4.78 is 0. The van der Waals surface area contributed by atoms with Crippen LogP contribution in [0.3, 0.4) is 0 Å². The quantitative estimate of drug-likeness (QED) is 0.567. The van der Waals surface area contributed by atoms with E-state index in [2.05, 4.69) is 10.3 Å². The van der Waals surface area contributed by atoms with Crippen LogP contribution >= 0.6 is 0 Å². The van der Waals surface area contributed by atoms with Crippen molar-refractivity contribution in [1.82, 2.24) is 9.88 Å². The molecule has 0 unspecified atom stereocenters. The van der Waals surface area contributed by atoms with E-state index in [0.29, 0.717) is 13.1 Å². The number of carbonyl (C=O) groups is 1. The smallest absolute Gasteiger partial charge is 0.364 e. The third kappa shape index (κ3) is 3.67. The van der Waals surface area contributed by atoms with Gasteiger partial charge in [0.15, 0.2) is 6.20 Å². The Morgan fingerprint density at radius 3 is 2.78 bits per heavy atom. The van der Waals surface area contributed by atoms with Crippen LogP contribution in [-0.4, -0.2) is 53.1 Å². The number of carboxylic acids is 1. The summed E-state index contributed by atoms with van der Waals surface area (Å²) >= 11 is 0. The molecule has 0 aromatic carbocycles. The molecule has 0 radical (unpaired) electrons. The Bertz CT molecular complexity index is 461. The van der Waals surface area contributed by atoms with Crippen LogP contribution in [0.4, 0.5) is 11.5 Å². The van der Waals surface area contributed by atoms with E-state index in [-0.39, 0.29) is 11.3 Å². The monoisotopic (exact) mass is 254 g/mol. The minimum absolute atomic E-state index is 0.157. The van der Waals surface area contributed by atoms with Crippen LogP contribution in [0.1, 0.15) is 10.4 Å². The van der Waals surface area contributed by atoms with Crippen molar-refractivity contribution in [1.29, 1.82) is 0 Å². The van der Waals surface area contributed by atoms with Crippen LogP contribution < -0.4 is 5.32 Å². The molecule has 0 amide bonds. The van der Waals surface area contributed by atoms with Gasteiger partial charge in [0.2, 0.25) is 0 Å². The second-order valence-corrected chi connectivity index (χ2v) is 3.88. The molecule has 0 atom stereocenters. The van der Waals surface area contributed by atoms with E-state index in [9.17, 15) is 14.9 Å². The van der Waals surface area contributed by atoms with Gasteiger partial charge in [0.05, 0.1) is 17.3 Å². The fourth-order valence-electron chi connectivity index (χ4n) is 1.28. The lowest BCUT2D eigenvalue weighted by atomic mass is 10.2. The van der Waals surface area contributed by atoms with E-state index < -0.39 is 16.7 Å². The number of carboxylic acid groups (broad SMARTS) is 1. The van der Waals surface area contributed by atoms with Gasteiger partial charge < -0.3 is 25.4 Å². The lowest BCUT2D eigenvalue weighted by Crippen LogP contribution is -2.21. The molecule has 0 aliphatic carbocycles. The molecule has 0 spiro atoms. The van der Waals surface area contributed by atoms with E-state index in [1.165, 1.54) is 0 Å². The number of nitrogens with zero attached hydrogens (tertiary/aromatic N) is 3. The lowest BCUT2D eigenvalue weighted by Gasteiger charge is -2.11. The van der Waals surface area contributed by atoms with Crippen LogP contribution in [0.25, 0.3) is 0 Å². The van der Waals surface area contributed by atoms with Gasteiger partial charge in [-0.15, -0.1) is 0 Å². The molecule has 0 saturated carbocycles. The van der Waals surface area contributed by atoms with Gasteiger partial charge in [0.1, 0.15) is 0 Å². The highest BCUT2D eigenvalue weighted by atomic mass is 16.6. The van der Waals surface area contributed by atoms with Gasteiger partial charge in [0.25, 0.3) is 0 Å². The zero-order valence-electron chi connectivity index (χ0n) is 10.1. The average Bonchev–Trinajstić information content (AvgIpc) is 2.28. The summed E-state index contributed by atoms with van der Waals surface area (Å²) in [5.74, 6) is -1.71. The van der Waals surface area contributed by atoms with Crippen LogP contribution in [-0.2, 0) is 0 Å². The molecule has 0 fully saturated rings. The maximum absolute atomic E-state index is 11.0. The normalized spacial score (nSPS) is 10.4. The van der Waals surface area contributed by atoms with Crippen LogP contribution in [0, 0.1) is 10.1 Å². The number of likely N-dealkylation sites (N-methyl/N-ethyl adjacent to an activating group) is 1. The first-order chi connectivity index (χ1) is 8.41. The van der Waals surface area contributed by atoms with Gasteiger partial charge in [-0.1, -0.05) is 0 Å². The summed E-state index contributed by atoms with van der Waals surface area (Å²) in [6.45, 7) is 1.23. The third-order valence-electron chi connectivity index (χ3n) is 2.18. The summed E-state index contributed by atoms with van der Waals surface area (Å²) in [5, 5.41) is 22.4. The lowest BCUT2D eigenvalue weighted by molar-refractivity contribution is -0.389. The Morgan fingerprint density at radius 1 is 1.61 bits per heavy atom. The van der Waals surface area contributed by atoms with Crippen molar-refractivity contribution < 1.29 is 14.8 Å². The first-order valence-electron chi connectivity index (χ1n) is 5.18. The molecule has 2 N–H and O–H groups in total. The summed E-state index contributed by atoms with van der Waals surface area (Å²) in [5.41, 5.74) is 0.116. The largest absolute Gasteiger partial charge is 0.478 e. The van der Waals surface area contributed by atoms with Gasteiger partial charge in [-0.3, -0.25) is 0 Å². The standard InChI is InChI=1S/C10H14N4O4/c1-13(2)4-3-11-8-6-12-9(14(17)18)5-7(8)10(15)16/h5-6,11H,3-4H2,1-2H3,(H,15,16). The second-order valence-electron chi connectivity index (χ2n) is 3.88. The van der Waals surface area contributed by atoms with Crippen molar-refractivity contribution in [2.75, 3.05) is 32.5 Å². The van der Waals surface area contributed by atoms with Crippen LogP contribution in [0.2, 0.25) is 0 Å². The maximum Gasteiger partial charge on any atom is 0.364 e. The second kappa shape index (κ2) is 5.92. The zero-order valence-corrected chi connectivity index (χ0v) is 10.1. The molecule has 8 nitrogen and oxygen atoms in total. The summed E-state index contributed by atoms with van der Waals surface area (Å²) in [7, 11) is 3.77. The number of hydrogen-bond donors (Lipinski definition) is 2. The van der Waals surface area contributed by atoms with E-state index in [4.69, 9.17) is 5.11 Å². The Hall–Kier alpha value is -2.22. The number of nitrogens with one attached hydrogen (secondary N) is 1. The SMILES string of the molecule is CN(C)CCNc1cnc([N+](=O)[O-])cc1C(=O)O. The van der Waals surface area contributed by atoms with Gasteiger partial charge in [-0.2, -0.15) is 0 Å². The summed E-state index contributed by atoms with van der Waals surface area (Å²) in [6.07, 6.45) is 1.16. The van der Waals surface area contributed by atoms with Crippen LogP contribution in [0.5, 0.6) is 0 Å². The van der Waals surface area contributed by atoms with E-state index in [1.807, 2.05) is 19.0 Å². The molecule has 0 aliphatic rings. The number of aromatic carboxylic acids is 1. The number of nitro groups is 1. The molecule has 1 aromatic heterocycles. The average molecular weight is 254 g/mol. The van der Waals surface area contributed by atoms with Crippen LogP contribution in [0.15, 0.2) is 12.3 Å². The molecule has 0 aliphatic heterocycles. The first-order valence-corrected chi connectivity index (χ1v) is 5.18. The minimum atomic E-state index is -1.23. The zero-order chi connectivity index (χ0) is 13.7. The van der Waals surface area contributed by atoms with Gasteiger partial charge >= 0.3 is 11.8 Å². The van der Waals surface area contributed by atoms with Gasteiger partial charge in [-0.25, -0.2) is 4.79 Å². The fourth-order valence-corrected chi connectivity index (χ4v) is 1.28. The fraction of sp³-hybridized carbons (Fsp3) is 0.400.